The van der Waals surface area contributed by atoms with Crippen molar-refractivity contribution in [2.24, 2.45) is 5.41 Å². The van der Waals surface area contributed by atoms with Gasteiger partial charge in [0.15, 0.2) is 0 Å². The van der Waals surface area contributed by atoms with Crippen LogP contribution < -0.4 is 10.2 Å². The van der Waals surface area contributed by atoms with Gasteiger partial charge in [-0.2, -0.15) is 0 Å². The number of nitrogens with one attached hydrogen (secondary N) is 1. The maximum atomic E-state index is 13.3. The third-order valence-corrected chi connectivity index (χ3v) is 6.13. The SMILES string of the molecule is Cc1cccc(N2CC[C@]3(CCC[C@H](NC(=O)c4cccc(C)n4)C3)C2=O)c1. The van der Waals surface area contributed by atoms with Crippen LogP contribution in [0, 0.1) is 19.3 Å². The van der Waals surface area contributed by atoms with Crippen molar-refractivity contribution in [3.8, 4) is 0 Å². The highest BCUT2D eigenvalue weighted by atomic mass is 16.2. The summed E-state index contributed by atoms with van der Waals surface area (Å²) in [5, 5.41) is 3.13. The fraction of sp³-hybridized carbons (Fsp3) is 0.435. The molecule has 2 amide bonds. The highest BCUT2D eigenvalue weighted by Crippen LogP contribution is 2.46. The normalized spacial score (nSPS) is 24.6. The minimum absolute atomic E-state index is 0.0185. The lowest BCUT2D eigenvalue weighted by Gasteiger charge is -2.36. The molecule has 1 spiro atoms. The number of aromatic nitrogens is 1. The second kappa shape index (κ2) is 7.38. The average molecular weight is 377 g/mol. The molecule has 0 unspecified atom stereocenters. The predicted molar refractivity (Wildman–Crippen MR) is 109 cm³/mol. The molecule has 2 fully saturated rings. The molecule has 146 valence electrons. The van der Waals surface area contributed by atoms with Crippen LogP contribution >= 0.6 is 0 Å². The van der Waals surface area contributed by atoms with E-state index < -0.39 is 0 Å². The number of rotatable bonds is 3. The number of hydrogen-bond acceptors (Lipinski definition) is 3. The number of pyridine rings is 1. The molecule has 1 aromatic carbocycles. The van der Waals surface area contributed by atoms with Crippen LogP contribution in [0.5, 0.6) is 0 Å². The first-order valence-electron chi connectivity index (χ1n) is 10.1. The van der Waals surface area contributed by atoms with Gasteiger partial charge in [-0.1, -0.05) is 24.6 Å². The van der Waals surface area contributed by atoms with E-state index in [-0.39, 0.29) is 23.3 Å². The van der Waals surface area contributed by atoms with Crippen molar-refractivity contribution in [3.63, 3.8) is 0 Å². The third-order valence-electron chi connectivity index (χ3n) is 6.13. The lowest BCUT2D eigenvalue weighted by molar-refractivity contribution is -0.127. The molecule has 1 aromatic heterocycles. The molecular formula is C23H27N3O2. The Labute approximate surface area is 166 Å². The Morgan fingerprint density at radius 2 is 2.00 bits per heavy atom. The molecule has 2 aliphatic rings. The summed E-state index contributed by atoms with van der Waals surface area (Å²) in [6.45, 7) is 4.68. The van der Waals surface area contributed by atoms with E-state index in [1.165, 1.54) is 0 Å². The molecule has 5 nitrogen and oxygen atoms in total. The van der Waals surface area contributed by atoms with Crippen molar-refractivity contribution in [2.75, 3.05) is 11.4 Å². The first-order valence-corrected chi connectivity index (χ1v) is 10.1. The van der Waals surface area contributed by atoms with Crippen molar-refractivity contribution in [2.45, 2.75) is 52.0 Å². The summed E-state index contributed by atoms with van der Waals surface area (Å²) < 4.78 is 0. The van der Waals surface area contributed by atoms with Gasteiger partial charge in [0.25, 0.3) is 5.91 Å². The zero-order chi connectivity index (χ0) is 19.7. The van der Waals surface area contributed by atoms with Gasteiger partial charge in [-0.05, 0) is 69.4 Å². The molecule has 5 heteroatoms. The number of anilines is 1. The van der Waals surface area contributed by atoms with E-state index in [4.69, 9.17) is 0 Å². The van der Waals surface area contributed by atoms with E-state index in [1.807, 2.05) is 49.1 Å². The number of benzene rings is 1. The lowest BCUT2D eigenvalue weighted by atomic mass is 9.71. The molecule has 2 heterocycles. The van der Waals surface area contributed by atoms with Crippen LogP contribution in [0.15, 0.2) is 42.5 Å². The molecule has 1 saturated carbocycles. The van der Waals surface area contributed by atoms with Crippen molar-refractivity contribution < 1.29 is 9.59 Å². The van der Waals surface area contributed by atoms with Crippen LogP contribution in [0.3, 0.4) is 0 Å². The Balaban J connectivity index is 1.47. The van der Waals surface area contributed by atoms with Crippen LogP contribution in [0.1, 0.15) is 53.8 Å². The van der Waals surface area contributed by atoms with Crippen LogP contribution in [-0.2, 0) is 4.79 Å². The third kappa shape index (κ3) is 3.53. The number of carbonyl (C=O) groups is 2. The number of carbonyl (C=O) groups excluding carboxylic acids is 2. The van der Waals surface area contributed by atoms with E-state index in [9.17, 15) is 9.59 Å². The van der Waals surface area contributed by atoms with Gasteiger partial charge in [0.05, 0.1) is 5.41 Å². The molecule has 2 atom stereocenters. The average Bonchev–Trinajstić information content (AvgIpc) is 2.97. The molecule has 1 saturated heterocycles. The van der Waals surface area contributed by atoms with Gasteiger partial charge in [0, 0.05) is 24.0 Å². The van der Waals surface area contributed by atoms with Gasteiger partial charge in [0.2, 0.25) is 5.91 Å². The van der Waals surface area contributed by atoms with E-state index in [2.05, 4.69) is 16.4 Å². The standard InChI is InChI=1S/C23H27N3O2/c1-16-6-3-9-19(14-16)26-13-12-23(22(26)28)11-5-8-18(15-23)25-21(27)20-10-4-7-17(2)24-20/h3-4,6-7,9-10,14,18H,5,8,11-13,15H2,1-2H3,(H,25,27)/t18-,23-/m0/s1. The van der Waals surface area contributed by atoms with Gasteiger partial charge in [-0.3, -0.25) is 9.59 Å². The fourth-order valence-corrected chi connectivity index (χ4v) is 4.70. The van der Waals surface area contributed by atoms with Crippen LogP contribution in [-0.4, -0.2) is 29.4 Å². The molecule has 2 aromatic rings. The Morgan fingerprint density at radius 1 is 1.18 bits per heavy atom. The van der Waals surface area contributed by atoms with Crippen molar-refractivity contribution in [3.05, 3.63) is 59.4 Å². The van der Waals surface area contributed by atoms with Crippen molar-refractivity contribution in [1.82, 2.24) is 10.3 Å². The quantitative estimate of drug-likeness (QED) is 0.885. The Morgan fingerprint density at radius 3 is 2.79 bits per heavy atom. The van der Waals surface area contributed by atoms with Gasteiger partial charge < -0.3 is 10.2 Å². The van der Waals surface area contributed by atoms with Gasteiger partial charge in [0.1, 0.15) is 5.69 Å². The van der Waals surface area contributed by atoms with Gasteiger partial charge >= 0.3 is 0 Å². The number of hydrogen-bond donors (Lipinski definition) is 1. The molecule has 4 rings (SSSR count). The smallest absolute Gasteiger partial charge is 0.270 e. The van der Waals surface area contributed by atoms with E-state index in [0.717, 1.165) is 49.2 Å². The minimum atomic E-state index is -0.347. The summed E-state index contributed by atoms with van der Waals surface area (Å²) in [5.74, 6) is 0.0671. The summed E-state index contributed by atoms with van der Waals surface area (Å²) in [6, 6.07) is 13.6. The lowest BCUT2D eigenvalue weighted by Crippen LogP contribution is -2.46. The van der Waals surface area contributed by atoms with E-state index >= 15 is 0 Å². The predicted octanol–water partition coefficient (Wildman–Crippen LogP) is 3.79. The van der Waals surface area contributed by atoms with Gasteiger partial charge in [-0.25, -0.2) is 4.98 Å². The summed E-state index contributed by atoms with van der Waals surface area (Å²) in [4.78, 5) is 32.2. The van der Waals surface area contributed by atoms with Crippen LogP contribution in [0.25, 0.3) is 0 Å². The van der Waals surface area contributed by atoms with Gasteiger partial charge in [-0.15, -0.1) is 0 Å². The summed E-state index contributed by atoms with van der Waals surface area (Å²) in [5.41, 5.74) is 3.06. The van der Waals surface area contributed by atoms with Crippen molar-refractivity contribution in [1.29, 1.82) is 0 Å². The maximum Gasteiger partial charge on any atom is 0.270 e. The molecular weight excluding hydrogens is 350 g/mol. The number of aryl methyl sites for hydroxylation is 2. The zero-order valence-corrected chi connectivity index (χ0v) is 16.6. The highest BCUT2D eigenvalue weighted by Gasteiger charge is 2.49. The second-order valence-electron chi connectivity index (χ2n) is 8.26. The van der Waals surface area contributed by atoms with E-state index in [0.29, 0.717) is 12.1 Å². The molecule has 1 aliphatic carbocycles. The Hall–Kier alpha value is -2.69. The summed E-state index contributed by atoms with van der Waals surface area (Å²) in [6.07, 6.45) is 4.35. The molecule has 1 aliphatic heterocycles. The van der Waals surface area contributed by atoms with Crippen LogP contribution in [0.4, 0.5) is 5.69 Å². The maximum absolute atomic E-state index is 13.3. The Bertz CT molecular complexity index is 910. The first kappa shape index (κ1) is 18.7. The molecule has 0 radical (unpaired) electrons. The first-order chi connectivity index (χ1) is 13.5. The highest BCUT2D eigenvalue weighted by molar-refractivity contribution is 6.00. The van der Waals surface area contributed by atoms with Crippen molar-refractivity contribution >= 4 is 17.5 Å². The minimum Gasteiger partial charge on any atom is -0.348 e. The van der Waals surface area contributed by atoms with Crippen LogP contribution in [0.2, 0.25) is 0 Å². The fourth-order valence-electron chi connectivity index (χ4n) is 4.70. The Kier molecular flexibility index (Phi) is 4.92. The monoisotopic (exact) mass is 377 g/mol. The largest absolute Gasteiger partial charge is 0.348 e. The number of amides is 2. The zero-order valence-electron chi connectivity index (χ0n) is 16.6. The summed E-state index contributed by atoms with van der Waals surface area (Å²) >= 11 is 0. The molecule has 0 bridgehead atoms. The molecule has 28 heavy (non-hydrogen) atoms. The summed E-state index contributed by atoms with van der Waals surface area (Å²) in [7, 11) is 0. The second-order valence-corrected chi connectivity index (χ2v) is 8.26. The topological polar surface area (TPSA) is 62.3 Å². The van der Waals surface area contributed by atoms with E-state index in [1.54, 1.807) is 6.07 Å². The molecule has 1 N–H and O–H groups in total. The number of nitrogens with zero attached hydrogens (tertiary/aromatic N) is 2.